The Morgan fingerprint density at radius 2 is 2.00 bits per heavy atom. The van der Waals surface area contributed by atoms with Crippen LogP contribution in [0.4, 0.5) is 0 Å². The van der Waals surface area contributed by atoms with Crippen LogP contribution in [0.1, 0.15) is 0 Å². The third-order valence-electron chi connectivity index (χ3n) is 1.42. The molecule has 0 unspecified atom stereocenters. The molecular weight excluding hydrogens is 277 g/mol. The van der Waals surface area contributed by atoms with Crippen molar-refractivity contribution in [1.29, 1.82) is 0 Å². The van der Waals surface area contributed by atoms with Gasteiger partial charge >= 0.3 is 0 Å². The van der Waals surface area contributed by atoms with E-state index in [4.69, 9.17) is 23.2 Å². The number of pyridine rings is 1. The number of hydrogen-bond donors (Lipinski definition) is 0. The standard InChI is InChI=1S/C7H2BrCl2N3/c8-3-1-4-7(13-6(3)10)12-5(9)2-11-4/h1-2H. The molecule has 0 atom stereocenters. The Morgan fingerprint density at radius 1 is 1.23 bits per heavy atom. The summed E-state index contributed by atoms with van der Waals surface area (Å²) in [4.78, 5) is 12.0. The fourth-order valence-corrected chi connectivity index (χ4v) is 1.45. The SMILES string of the molecule is Clc1cnc2cc(Br)c(Cl)nc2n1. The normalized spacial score (nSPS) is 10.7. The fraction of sp³-hybridized carbons (Fsp3) is 0. The van der Waals surface area contributed by atoms with Crippen LogP contribution in [0.15, 0.2) is 16.7 Å². The predicted molar refractivity (Wildman–Crippen MR) is 55.1 cm³/mol. The molecule has 66 valence electrons. The van der Waals surface area contributed by atoms with E-state index in [0.717, 1.165) is 0 Å². The Bertz CT molecular complexity index is 474. The van der Waals surface area contributed by atoms with E-state index in [1.54, 1.807) is 6.07 Å². The summed E-state index contributed by atoms with van der Waals surface area (Å²) in [5, 5.41) is 0.655. The lowest BCUT2D eigenvalue weighted by molar-refractivity contribution is 1.22. The van der Waals surface area contributed by atoms with Crippen molar-refractivity contribution in [2.24, 2.45) is 0 Å². The zero-order chi connectivity index (χ0) is 9.42. The van der Waals surface area contributed by atoms with Crippen LogP contribution in [-0.4, -0.2) is 15.0 Å². The molecule has 0 spiro atoms. The van der Waals surface area contributed by atoms with Gasteiger partial charge in [-0.1, -0.05) is 23.2 Å². The average molecular weight is 279 g/mol. The molecule has 2 aromatic rings. The minimum atomic E-state index is 0.304. The van der Waals surface area contributed by atoms with Crippen molar-refractivity contribution in [2.45, 2.75) is 0 Å². The van der Waals surface area contributed by atoms with Crippen molar-refractivity contribution in [3.8, 4) is 0 Å². The van der Waals surface area contributed by atoms with E-state index in [1.807, 2.05) is 0 Å². The molecule has 0 saturated carbocycles. The first kappa shape index (κ1) is 9.12. The summed E-state index contributed by atoms with van der Waals surface area (Å²) >= 11 is 14.7. The van der Waals surface area contributed by atoms with Gasteiger partial charge in [-0.25, -0.2) is 15.0 Å². The molecule has 2 heterocycles. The van der Waals surface area contributed by atoms with Crippen LogP contribution in [0.25, 0.3) is 11.2 Å². The van der Waals surface area contributed by atoms with Gasteiger partial charge < -0.3 is 0 Å². The zero-order valence-corrected chi connectivity index (χ0v) is 9.23. The minimum Gasteiger partial charge on any atom is -0.250 e. The van der Waals surface area contributed by atoms with Crippen LogP contribution in [-0.2, 0) is 0 Å². The second-order valence-corrected chi connectivity index (χ2v) is 3.90. The first-order valence-corrected chi connectivity index (χ1v) is 4.86. The maximum atomic E-state index is 5.77. The van der Waals surface area contributed by atoms with Gasteiger partial charge in [-0.05, 0) is 22.0 Å². The van der Waals surface area contributed by atoms with Gasteiger partial charge in [0.1, 0.15) is 15.8 Å². The van der Waals surface area contributed by atoms with Crippen molar-refractivity contribution >= 4 is 50.3 Å². The summed E-state index contributed by atoms with van der Waals surface area (Å²) in [6.07, 6.45) is 1.46. The number of halogens is 3. The Morgan fingerprint density at radius 3 is 2.77 bits per heavy atom. The van der Waals surface area contributed by atoms with Crippen molar-refractivity contribution in [3.05, 3.63) is 27.0 Å². The van der Waals surface area contributed by atoms with Gasteiger partial charge in [0.25, 0.3) is 0 Å². The smallest absolute Gasteiger partial charge is 0.181 e. The summed E-state index contributed by atoms with van der Waals surface area (Å²) in [6.45, 7) is 0. The second-order valence-electron chi connectivity index (χ2n) is 2.30. The van der Waals surface area contributed by atoms with Crippen LogP contribution in [0.2, 0.25) is 10.3 Å². The Hall–Kier alpha value is -0.450. The van der Waals surface area contributed by atoms with Crippen molar-refractivity contribution in [1.82, 2.24) is 15.0 Å². The van der Waals surface area contributed by atoms with Crippen LogP contribution in [0, 0.1) is 0 Å². The Kier molecular flexibility index (Phi) is 2.36. The highest BCUT2D eigenvalue weighted by Crippen LogP contribution is 2.23. The third kappa shape index (κ3) is 1.75. The highest BCUT2D eigenvalue weighted by atomic mass is 79.9. The molecule has 0 bridgehead atoms. The van der Waals surface area contributed by atoms with Gasteiger partial charge in [0.15, 0.2) is 5.65 Å². The summed E-state index contributed by atoms with van der Waals surface area (Å²) < 4.78 is 0.693. The molecule has 0 aliphatic rings. The molecule has 13 heavy (non-hydrogen) atoms. The van der Waals surface area contributed by atoms with Crippen LogP contribution in [0.3, 0.4) is 0 Å². The molecule has 0 amide bonds. The molecular formula is C7H2BrCl2N3. The van der Waals surface area contributed by atoms with E-state index in [-0.39, 0.29) is 0 Å². The largest absolute Gasteiger partial charge is 0.250 e. The molecule has 0 fully saturated rings. The summed E-state index contributed by atoms with van der Waals surface area (Å²) in [5.74, 6) is 0. The molecule has 0 N–H and O–H groups in total. The van der Waals surface area contributed by atoms with Gasteiger partial charge in [-0.15, -0.1) is 0 Å². The van der Waals surface area contributed by atoms with E-state index >= 15 is 0 Å². The first-order chi connectivity index (χ1) is 6.16. The zero-order valence-electron chi connectivity index (χ0n) is 6.13. The highest BCUT2D eigenvalue weighted by molar-refractivity contribution is 9.10. The quantitative estimate of drug-likeness (QED) is 0.695. The highest BCUT2D eigenvalue weighted by Gasteiger charge is 2.04. The number of nitrogens with zero attached hydrogens (tertiary/aromatic N) is 3. The lowest BCUT2D eigenvalue weighted by Gasteiger charge is -1.98. The lowest BCUT2D eigenvalue weighted by atomic mass is 10.4. The van der Waals surface area contributed by atoms with Crippen molar-refractivity contribution < 1.29 is 0 Å². The van der Waals surface area contributed by atoms with E-state index in [9.17, 15) is 0 Å². The average Bonchev–Trinajstić information content (AvgIpc) is 2.08. The predicted octanol–water partition coefficient (Wildman–Crippen LogP) is 3.09. The van der Waals surface area contributed by atoms with Gasteiger partial charge in [0.2, 0.25) is 0 Å². The molecule has 0 radical (unpaired) electrons. The summed E-state index contributed by atoms with van der Waals surface area (Å²) in [6, 6.07) is 1.74. The topological polar surface area (TPSA) is 38.7 Å². The first-order valence-electron chi connectivity index (χ1n) is 3.31. The maximum Gasteiger partial charge on any atom is 0.181 e. The summed E-state index contributed by atoms with van der Waals surface area (Å²) in [5.41, 5.74) is 1.10. The monoisotopic (exact) mass is 277 g/mol. The van der Waals surface area contributed by atoms with Gasteiger partial charge in [0.05, 0.1) is 10.7 Å². The van der Waals surface area contributed by atoms with Gasteiger partial charge in [0, 0.05) is 0 Å². The molecule has 0 aliphatic heterocycles. The molecule has 3 nitrogen and oxygen atoms in total. The summed E-state index contributed by atoms with van der Waals surface area (Å²) in [7, 11) is 0. The van der Waals surface area contributed by atoms with Crippen LogP contribution in [0.5, 0.6) is 0 Å². The number of fused-ring (bicyclic) bond motifs is 1. The molecule has 0 aliphatic carbocycles. The molecule has 6 heteroatoms. The second kappa shape index (κ2) is 3.36. The maximum absolute atomic E-state index is 5.77. The minimum absolute atomic E-state index is 0.304. The van der Waals surface area contributed by atoms with Gasteiger partial charge in [-0.2, -0.15) is 0 Å². The number of hydrogen-bond acceptors (Lipinski definition) is 3. The van der Waals surface area contributed by atoms with Crippen molar-refractivity contribution in [3.63, 3.8) is 0 Å². The molecule has 0 aromatic carbocycles. The Balaban J connectivity index is 2.81. The van der Waals surface area contributed by atoms with Crippen LogP contribution < -0.4 is 0 Å². The van der Waals surface area contributed by atoms with Crippen molar-refractivity contribution in [2.75, 3.05) is 0 Å². The number of aromatic nitrogens is 3. The van der Waals surface area contributed by atoms with E-state index in [2.05, 4.69) is 30.9 Å². The molecule has 0 saturated heterocycles. The third-order valence-corrected chi connectivity index (χ3v) is 2.72. The molecule has 2 aromatic heterocycles. The van der Waals surface area contributed by atoms with E-state index in [0.29, 0.717) is 25.9 Å². The van der Waals surface area contributed by atoms with E-state index < -0.39 is 0 Å². The number of rotatable bonds is 0. The Labute approximate surface area is 92.2 Å². The lowest BCUT2D eigenvalue weighted by Crippen LogP contribution is -1.88. The van der Waals surface area contributed by atoms with E-state index in [1.165, 1.54) is 6.20 Å². The van der Waals surface area contributed by atoms with Gasteiger partial charge in [-0.3, -0.25) is 0 Å². The fourth-order valence-electron chi connectivity index (χ4n) is 0.878. The van der Waals surface area contributed by atoms with Crippen LogP contribution >= 0.6 is 39.1 Å². The molecule has 2 rings (SSSR count).